The van der Waals surface area contributed by atoms with Gasteiger partial charge in [0.1, 0.15) is 46.3 Å². The Bertz CT molecular complexity index is 6590. The first-order valence-electron chi connectivity index (χ1n) is 43.2. The number of halogens is 1. The molecule has 35 nitrogen and oxygen atoms in total. The molecule has 0 saturated carbocycles. The molecule has 2 atom stereocenters. The molecule has 3 aliphatic rings. The van der Waals surface area contributed by atoms with Crippen molar-refractivity contribution in [3.8, 4) is 57.1 Å². The number of piperidine rings is 2. The Kier molecular flexibility index (Phi) is 29.3. The van der Waals surface area contributed by atoms with Crippen LogP contribution in [0.2, 0.25) is 0 Å². The number of carbonyl (C=O) groups is 7. The first kappa shape index (κ1) is 93.0. The molecule has 36 heteroatoms. The number of carboxylic acid groups (broad SMARTS) is 3. The summed E-state index contributed by atoms with van der Waals surface area (Å²) in [6, 6.07) is 33.9. The number of aliphatic imine (C=N–C) groups is 1. The highest BCUT2D eigenvalue weighted by Gasteiger charge is 2.31. The van der Waals surface area contributed by atoms with Gasteiger partial charge in [-0.3, -0.25) is 38.5 Å². The number of hydrogen-bond acceptors (Lipinski definition) is 21. The van der Waals surface area contributed by atoms with Crippen molar-refractivity contribution in [2.75, 3.05) is 31.9 Å². The van der Waals surface area contributed by atoms with Gasteiger partial charge in [-0.05, 0) is 220 Å². The zero-order valence-corrected chi connectivity index (χ0v) is 73.0. The quantitative estimate of drug-likeness (QED) is 0.0179. The van der Waals surface area contributed by atoms with Crippen molar-refractivity contribution >= 4 is 104 Å². The minimum atomic E-state index is -1.29. The second-order valence-electron chi connectivity index (χ2n) is 33.8. The number of carbonyl (C=O) groups excluding carboxylic acids is 4. The molecule has 18 N–H and O–H groups in total. The van der Waals surface area contributed by atoms with E-state index < -0.39 is 47.2 Å². The van der Waals surface area contributed by atoms with Gasteiger partial charge in [-0.15, -0.1) is 12.4 Å². The summed E-state index contributed by atoms with van der Waals surface area (Å²) in [5.74, 6) is -3.42. The number of amides is 2. The van der Waals surface area contributed by atoms with Crippen LogP contribution in [0.1, 0.15) is 181 Å². The van der Waals surface area contributed by atoms with Crippen LogP contribution in [-0.4, -0.2) is 179 Å². The van der Waals surface area contributed by atoms with E-state index in [-0.39, 0.29) is 132 Å². The van der Waals surface area contributed by atoms with Crippen LogP contribution in [0.25, 0.3) is 67.0 Å². The molecular weight excluding hydrogens is 1690 g/mol. The van der Waals surface area contributed by atoms with E-state index in [2.05, 4.69) is 77.4 Å². The van der Waals surface area contributed by atoms with E-state index in [4.69, 9.17) is 21.7 Å². The van der Waals surface area contributed by atoms with Crippen molar-refractivity contribution in [2.24, 2.45) is 28.5 Å². The fourth-order valence-corrected chi connectivity index (χ4v) is 17.2. The van der Waals surface area contributed by atoms with Crippen molar-refractivity contribution in [2.45, 2.75) is 161 Å². The third-order valence-electron chi connectivity index (χ3n) is 24.4. The Labute approximate surface area is 750 Å². The molecule has 0 unspecified atom stereocenters. The number of nitrogen functional groups attached to an aromatic ring is 1. The number of fused-ring (bicyclic) bond motifs is 4. The average Bonchev–Trinajstić information content (AvgIpc) is 1.53. The number of phenolic OH excluding ortho intramolecular Hbond substituents is 4. The summed E-state index contributed by atoms with van der Waals surface area (Å²) < 4.78 is 7.31. The highest BCUT2D eigenvalue weighted by Crippen LogP contribution is 2.41. The predicted octanol–water partition coefficient (Wildman–Crippen LogP) is 12.0. The number of aryl methyl sites for hydroxylation is 6. The number of hydrogen-bond donors (Lipinski definition) is 16. The normalized spacial score (nSPS) is 14.0. The Hall–Kier alpha value is -14.6. The Morgan fingerprint density at radius 3 is 1.62 bits per heavy atom. The maximum absolute atomic E-state index is 13.2. The fourth-order valence-electron chi connectivity index (χ4n) is 17.2. The molecule has 10 heterocycles. The summed E-state index contributed by atoms with van der Waals surface area (Å²) in [6.07, 6.45) is 15.6. The van der Waals surface area contributed by atoms with Gasteiger partial charge < -0.3 is 81.8 Å². The first-order valence-corrected chi connectivity index (χ1v) is 43.2. The summed E-state index contributed by atoms with van der Waals surface area (Å²) in [7, 11) is 0. The number of rotatable bonds is 31. The second kappa shape index (κ2) is 41.0. The number of aliphatic carboxylic acids is 3. The van der Waals surface area contributed by atoms with Crippen LogP contribution in [0.15, 0.2) is 165 Å². The molecule has 0 radical (unpaired) electrons. The molecule has 3 aliphatic heterocycles. The van der Waals surface area contributed by atoms with Gasteiger partial charge in [0.2, 0.25) is 11.9 Å². The third-order valence-corrected chi connectivity index (χ3v) is 24.4. The minimum absolute atomic E-state index is 0. The maximum Gasteiger partial charge on any atom is 0.348 e. The van der Waals surface area contributed by atoms with Crippen molar-refractivity contribution in [1.82, 2.24) is 74.1 Å². The summed E-state index contributed by atoms with van der Waals surface area (Å²) in [5, 5.41) is 91.2. The number of Topliss-reactive ketones (excluding diaryl/α,β-unsaturated/α-hetero) is 2. The molecule has 2 fully saturated rings. The Balaban J connectivity index is 0.000000183. The molecule has 7 aromatic heterocycles. The monoisotopic (exact) mass is 1790 g/mol. The van der Waals surface area contributed by atoms with Crippen molar-refractivity contribution in [1.29, 1.82) is 0 Å². The number of aromatic nitrogens is 12. The van der Waals surface area contributed by atoms with Crippen molar-refractivity contribution < 1.29 is 69.3 Å². The van der Waals surface area contributed by atoms with Gasteiger partial charge >= 0.3 is 29.3 Å². The molecule has 13 aromatic rings. The van der Waals surface area contributed by atoms with Gasteiger partial charge in [0.05, 0.1) is 45.8 Å². The molecular formula is C94H105ClN18O17. The molecule has 6 aromatic carbocycles. The summed E-state index contributed by atoms with van der Waals surface area (Å²) in [6.45, 7) is 12.9. The smallest absolute Gasteiger partial charge is 0.348 e. The topological polar surface area (TPSA) is 541 Å². The number of aromatic hydroxyl groups is 4. The zero-order chi connectivity index (χ0) is 91.6. The van der Waals surface area contributed by atoms with E-state index in [1.165, 1.54) is 34.1 Å². The lowest BCUT2D eigenvalue weighted by atomic mass is 9.91. The van der Waals surface area contributed by atoms with Gasteiger partial charge in [-0.2, -0.15) is 15.2 Å². The number of nitrogens with one attached hydrogen (secondary N) is 7. The molecule has 680 valence electrons. The standard InChI is InChI=1S/C47H51N9O8.C26H31N5O3.C21H22N4O6.ClH/c1-26(2)34-23-35(39(59)24-38(34)58)43-52-53-47(64)56(43)33-10-11-36-30(21-33)16-20-54(36)17-13-28-14-18-55(19-15-28)40(60)12-9-31(45(62)63)22-37(57)29-6-3-27(4-7-29)5-8-32-25-49-42-41(32)44(61)51-46(48)50-42;1-16(2)20-14-21(24(33)15-23(20)32)25-28-29-26(34)31(25)19-3-4-22-18(13-19)8-12-30(22)11-7-17-5-9-27-10-6-17;22-16-9-15(26)18-13(10-23-19(18)25-16)6-3-11-1-4-12(5-2-11)20(29)24-14(21(30)31)7-8-17(27)28;/h3-4,6-7,10-11,16,20-21,23-26,28,31,58-59H,5,8-9,12-15,17-19,22H2,1-2H3,(H,53,64)(H,62,63)(H4,48,49,50,51,61);3-4,8,12-17,27,32-33H,5-7,9-11H2,1-2H3,(H,29,34);1-2,4-5,10,14,23H,3,6-9H2,(H2,22,25)(H,24,29)(H,27,28)(H,30,31);1H/t31-;;14-;/m1.0./s1. The van der Waals surface area contributed by atoms with E-state index in [1.807, 2.05) is 88.5 Å². The van der Waals surface area contributed by atoms with Crippen molar-refractivity contribution in [3.05, 3.63) is 228 Å². The first-order chi connectivity index (χ1) is 61.9. The van der Waals surface area contributed by atoms with E-state index >= 15 is 0 Å². The molecule has 0 spiro atoms. The van der Waals surface area contributed by atoms with E-state index in [1.54, 1.807) is 65.8 Å². The largest absolute Gasteiger partial charge is 0.508 e. The summed E-state index contributed by atoms with van der Waals surface area (Å²) in [4.78, 5) is 142. The number of likely N-dealkylation sites (tertiary alicyclic amines) is 1. The summed E-state index contributed by atoms with van der Waals surface area (Å²) in [5.41, 5.74) is 20.7. The Morgan fingerprint density at radius 2 is 1.10 bits per heavy atom. The lowest BCUT2D eigenvalue weighted by Gasteiger charge is -2.32. The van der Waals surface area contributed by atoms with Crippen LogP contribution >= 0.6 is 12.4 Å². The predicted molar refractivity (Wildman–Crippen MR) is 491 cm³/mol. The molecule has 130 heavy (non-hydrogen) atoms. The fraction of sp³-hybridized carbons (Fsp3) is 0.340. The number of nitrogens with two attached hydrogens (primary N) is 2. The van der Waals surface area contributed by atoms with Crippen LogP contribution in [0, 0.1) is 17.8 Å². The molecule has 0 aliphatic carbocycles. The number of phenols is 4. The molecule has 2 amide bonds. The summed E-state index contributed by atoms with van der Waals surface area (Å²) >= 11 is 0. The number of ketones is 2. The zero-order valence-electron chi connectivity index (χ0n) is 72.2. The van der Waals surface area contributed by atoms with Gasteiger partial charge in [-0.25, -0.2) is 38.7 Å². The number of amidine groups is 1. The number of aromatic amines is 5. The van der Waals surface area contributed by atoms with Crippen LogP contribution in [0.3, 0.4) is 0 Å². The average molecular weight is 1790 g/mol. The van der Waals surface area contributed by atoms with E-state index in [0.717, 1.165) is 102 Å². The van der Waals surface area contributed by atoms with Crippen molar-refractivity contribution in [3.63, 3.8) is 0 Å². The number of benzene rings is 6. The lowest BCUT2D eigenvalue weighted by Crippen LogP contribution is -2.41. The SMILES string of the molecule is CC(C)c1cc(-c2n[nH]c(=O)n2-c2ccc3c(ccn3CCC3CCN(C(=O)CC[C@H](CC(=O)c4ccc(CCc5c[nH]c6nc(N)[nH]c(=O)c56)cc4)C(=O)O)CC3)c2)c(O)cc1O.CC(C)c1cc(-c2n[nH]c(=O)n2-c2ccc3c(ccn3CCC3CCNCC3)c2)c(O)cc1O.Cl.NC1=Nc2[nH]cc(CCc3ccc(C(=O)N[C@@H](CCC(=O)O)C(=O)O)cc3)c2C(=O)C1. The van der Waals surface area contributed by atoms with Crippen LogP contribution in [0.4, 0.5) is 11.8 Å². The van der Waals surface area contributed by atoms with E-state index in [9.17, 15) is 73.5 Å². The number of carboxylic acids is 3. The number of anilines is 1. The van der Waals surface area contributed by atoms with Crippen LogP contribution in [0.5, 0.6) is 23.0 Å². The third kappa shape index (κ3) is 21.6. The van der Waals surface area contributed by atoms with Gasteiger partial charge in [0.25, 0.3) is 11.5 Å². The van der Waals surface area contributed by atoms with Crippen LogP contribution < -0.4 is 39.0 Å². The van der Waals surface area contributed by atoms with Crippen LogP contribution in [-0.2, 0) is 58.0 Å². The highest BCUT2D eigenvalue weighted by atomic mass is 35.5. The Morgan fingerprint density at radius 1 is 0.577 bits per heavy atom. The maximum atomic E-state index is 13.2. The van der Waals surface area contributed by atoms with Gasteiger partial charge in [0.15, 0.2) is 23.2 Å². The molecule has 0 bridgehead atoms. The number of H-pyrrole nitrogens is 5. The second-order valence-corrected chi connectivity index (χ2v) is 33.8. The van der Waals surface area contributed by atoms with E-state index in [0.29, 0.717) is 112 Å². The molecule has 2 saturated heterocycles. The molecule has 16 rings (SSSR count). The van der Waals surface area contributed by atoms with Gasteiger partial charge in [0, 0.05) is 115 Å². The number of nitrogens with zero attached hydrogens (tertiary/aromatic N) is 9. The minimum Gasteiger partial charge on any atom is -0.508 e. The van der Waals surface area contributed by atoms with Gasteiger partial charge in [-0.1, -0.05) is 64.1 Å². The lowest BCUT2D eigenvalue weighted by molar-refractivity contribution is -0.143. The highest BCUT2D eigenvalue weighted by molar-refractivity contribution is 6.15.